The van der Waals surface area contributed by atoms with E-state index in [1.54, 1.807) is 12.0 Å². The van der Waals surface area contributed by atoms with Crippen molar-refractivity contribution in [3.8, 4) is 5.75 Å². The Labute approximate surface area is 168 Å². The molecule has 2 atom stereocenters. The highest BCUT2D eigenvalue weighted by atomic mass is 32.2. The molecule has 0 saturated carbocycles. The quantitative estimate of drug-likeness (QED) is 0.705. The van der Waals surface area contributed by atoms with Gasteiger partial charge in [0, 0.05) is 12.6 Å². The van der Waals surface area contributed by atoms with Gasteiger partial charge in [-0.15, -0.1) is 0 Å². The molecule has 0 bridgehead atoms. The van der Waals surface area contributed by atoms with Crippen LogP contribution < -0.4 is 14.5 Å². The van der Waals surface area contributed by atoms with Crippen molar-refractivity contribution < 1.29 is 22.8 Å². The summed E-state index contributed by atoms with van der Waals surface area (Å²) >= 11 is 0. The number of nitrogens with zero attached hydrogens (tertiary/aromatic N) is 2. The Morgan fingerprint density at radius 1 is 1.32 bits per heavy atom. The molecule has 156 valence electrons. The summed E-state index contributed by atoms with van der Waals surface area (Å²) in [7, 11) is -1.31. The van der Waals surface area contributed by atoms with Crippen molar-refractivity contribution in [2.24, 2.45) is 0 Å². The van der Waals surface area contributed by atoms with Gasteiger partial charge in [-0.25, -0.2) is 8.42 Å². The Morgan fingerprint density at radius 3 is 2.57 bits per heavy atom. The molecule has 0 radical (unpaired) electrons. The van der Waals surface area contributed by atoms with Gasteiger partial charge < -0.3 is 19.4 Å². The SMILES string of the molecule is CCN(C(=O)[C@@H](C)[NH+]1CCN(c2ccccc2OC)CC1)[C@H]1CCS(=O)(=O)C1. The molecule has 3 rings (SSSR count). The molecule has 1 aromatic carbocycles. The Balaban J connectivity index is 1.61. The summed E-state index contributed by atoms with van der Waals surface area (Å²) < 4.78 is 29.1. The molecule has 1 N–H and O–H groups in total. The van der Waals surface area contributed by atoms with Gasteiger partial charge in [0.1, 0.15) is 5.75 Å². The lowest BCUT2D eigenvalue weighted by Gasteiger charge is -2.38. The summed E-state index contributed by atoms with van der Waals surface area (Å²) in [6, 6.07) is 7.68. The first kappa shape index (κ1) is 20.9. The van der Waals surface area contributed by atoms with Crippen molar-refractivity contribution in [1.29, 1.82) is 0 Å². The first-order valence-corrected chi connectivity index (χ1v) is 11.9. The number of amides is 1. The van der Waals surface area contributed by atoms with Crippen LogP contribution in [0.4, 0.5) is 5.69 Å². The summed E-state index contributed by atoms with van der Waals surface area (Å²) in [6.45, 7) is 7.92. The molecule has 0 spiro atoms. The standard InChI is InChI=1S/C20H31N3O4S/c1-4-23(17-9-14-28(25,26)15-17)20(24)16(2)21-10-12-22(13-11-21)18-7-5-6-8-19(18)27-3/h5-8,16-17H,4,9-15H2,1-3H3/p+1/t16-,17+/m1/s1. The van der Waals surface area contributed by atoms with Crippen molar-refractivity contribution in [3.63, 3.8) is 0 Å². The number of quaternary nitrogens is 1. The number of hydrogen-bond acceptors (Lipinski definition) is 5. The van der Waals surface area contributed by atoms with Crippen LogP contribution in [0.2, 0.25) is 0 Å². The molecule has 2 heterocycles. The number of hydrogen-bond donors (Lipinski definition) is 1. The maximum absolute atomic E-state index is 13.1. The minimum absolute atomic E-state index is 0.0744. The highest BCUT2D eigenvalue weighted by molar-refractivity contribution is 7.91. The van der Waals surface area contributed by atoms with Gasteiger partial charge in [0.25, 0.3) is 5.91 Å². The number of rotatable bonds is 6. The normalized spacial score (nSPS) is 23.4. The lowest BCUT2D eigenvalue weighted by molar-refractivity contribution is -0.915. The molecule has 0 unspecified atom stereocenters. The highest BCUT2D eigenvalue weighted by Crippen LogP contribution is 2.27. The van der Waals surface area contributed by atoms with Gasteiger partial charge in [-0.05, 0) is 32.4 Å². The molecule has 1 aromatic rings. The topological polar surface area (TPSA) is 71.4 Å². The van der Waals surface area contributed by atoms with Crippen LogP contribution in [0.3, 0.4) is 0 Å². The molecule has 1 amide bonds. The van der Waals surface area contributed by atoms with Crippen molar-refractivity contribution in [1.82, 2.24) is 4.90 Å². The van der Waals surface area contributed by atoms with Gasteiger partial charge in [-0.2, -0.15) is 0 Å². The molecule has 7 nitrogen and oxygen atoms in total. The van der Waals surface area contributed by atoms with E-state index in [1.165, 1.54) is 4.90 Å². The third kappa shape index (κ3) is 4.43. The molecule has 2 saturated heterocycles. The van der Waals surface area contributed by atoms with Crippen molar-refractivity contribution in [3.05, 3.63) is 24.3 Å². The summed E-state index contributed by atoms with van der Waals surface area (Å²) in [5.74, 6) is 1.25. The van der Waals surface area contributed by atoms with Gasteiger partial charge in [0.05, 0.1) is 50.5 Å². The van der Waals surface area contributed by atoms with Crippen LogP contribution in [0.5, 0.6) is 5.75 Å². The number of para-hydroxylation sites is 2. The molecule has 2 aliphatic rings. The smallest absolute Gasteiger partial charge is 0.280 e. The number of nitrogens with one attached hydrogen (secondary N) is 1. The van der Waals surface area contributed by atoms with Crippen molar-refractivity contribution in [2.45, 2.75) is 32.4 Å². The average Bonchev–Trinajstić information content (AvgIpc) is 3.07. The summed E-state index contributed by atoms with van der Waals surface area (Å²) in [5, 5.41) is 0. The zero-order chi connectivity index (χ0) is 20.3. The van der Waals surface area contributed by atoms with E-state index in [4.69, 9.17) is 4.74 Å². The predicted molar refractivity (Wildman–Crippen MR) is 110 cm³/mol. The molecule has 28 heavy (non-hydrogen) atoms. The zero-order valence-electron chi connectivity index (χ0n) is 17.1. The second kappa shape index (κ2) is 8.69. The molecule has 0 aromatic heterocycles. The summed E-state index contributed by atoms with van der Waals surface area (Å²) in [4.78, 5) is 18.5. The lowest BCUT2D eigenvalue weighted by Crippen LogP contribution is -3.19. The third-order valence-corrected chi connectivity index (χ3v) is 7.84. The van der Waals surface area contributed by atoms with E-state index in [2.05, 4.69) is 11.0 Å². The van der Waals surface area contributed by atoms with E-state index in [-0.39, 0.29) is 29.5 Å². The number of methoxy groups -OCH3 is 1. The summed E-state index contributed by atoms with van der Waals surface area (Å²) in [5.41, 5.74) is 1.09. The molecule has 8 heteroatoms. The minimum Gasteiger partial charge on any atom is -0.495 e. The number of benzene rings is 1. The van der Waals surface area contributed by atoms with Gasteiger partial charge in [0.2, 0.25) is 0 Å². The molecule has 0 aliphatic carbocycles. The fourth-order valence-electron chi connectivity index (χ4n) is 4.40. The maximum atomic E-state index is 13.1. The van der Waals surface area contributed by atoms with E-state index in [1.807, 2.05) is 32.0 Å². The molecular weight excluding hydrogens is 378 g/mol. The number of likely N-dealkylation sites (N-methyl/N-ethyl adjacent to an activating group) is 1. The van der Waals surface area contributed by atoms with Crippen molar-refractivity contribution >= 4 is 21.4 Å². The number of carbonyl (C=O) groups is 1. The third-order valence-electron chi connectivity index (χ3n) is 6.09. The van der Waals surface area contributed by atoms with Gasteiger partial charge >= 0.3 is 0 Å². The Bertz CT molecular complexity index is 790. The second-order valence-electron chi connectivity index (χ2n) is 7.72. The minimum atomic E-state index is -3.00. The highest BCUT2D eigenvalue weighted by Gasteiger charge is 2.38. The first-order valence-electron chi connectivity index (χ1n) is 10.1. The lowest BCUT2D eigenvalue weighted by atomic mass is 10.1. The van der Waals surface area contributed by atoms with E-state index in [9.17, 15) is 13.2 Å². The van der Waals surface area contributed by atoms with Crippen LogP contribution in [0.1, 0.15) is 20.3 Å². The average molecular weight is 411 g/mol. The molecular formula is C20H32N3O4S+. The Morgan fingerprint density at radius 2 is 2.00 bits per heavy atom. The number of anilines is 1. The first-order chi connectivity index (χ1) is 13.4. The van der Waals surface area contributed by atoms with Gasteiger partial charge in [0.15, 0.2) is 15.9 Å². The zero-order valence-corrected chi connectivity index (χ0v) is 17.9. The van der Waals surface area contributed by atoms with E-state index >= 15 is 0 Å². The number of carbonyl (C=O) groups excluding carboxylic acids is 1. The summed E-state index contributed by atoms with van der Waals surface area (Å²) in [6.07, 6.45) is 0.561. The Hall–Kier alpha value is -1.80. The monoisotopic (exact) mass is 410 g/mol. The second-order valence-corrected chi connectivity index (χ2v) is 9.95. The molecule has 2 aliphatic heterocycles. The predicted octanol–water partition coefficient (Wildman–Crippen LogP) is -0.176. The maximum Gasteiger partial charge on any atom is 0.280 e. The number of piperazine rings is 1. The largest absolute Gasteiger partial charge is 0.495 e. The van der Waals surface area contributed by atoms with Crippen LogP contribution in [0.25, 0.3) is 0 Å². The van der Waals surface area contributed by atoms with Gasteiger partial charge in [-0.3, -0.25) is 4.79 Å². The van der Waals surface area contributed by atoms with Gasteiger partial charge in [-0.1, -0.05) is 12.1 Å². The number of sulfone groups is 1. The fourth-order valence-corrected chi connectivity index (χ4v) is 6.13. The van der Waals surface area contributed by atoms with Crippen LogP contribution in [0, 0.1) is 0 Å². The molecule has 2 fully saturated rings. The fraction of sp³-hybridized carbons (Fsp3) is 0.650. The van der Waals surface area contributed by atoms with E-state index in [0.717, 1.165) is 37.6 Å². The van der Waals surface area contributed by atoms with Crippen LogP contribution >= 0.6 is 0 Å². The number of ether oxygens (including phenoxy) is 1. The van der Waals surface area contributed by atoms with E-state index in [0.29, 0.717) is 13.0 Å². The van der Waals surface area contributed by atoms with Crippen LogP contribution in [-0.4, -0.2) is 82.6 Å². The Kier molecular flexibility index (Phi) is 6.50. The van der Waals surface area contributed by atoms with Crippen LogP contribution in [-0.2, 0) is 14.6 Å². The van der Waals surface area contributed by atoms with E-state index < -0.39 is 9.84 Å². The van der Waals surface area contributed by atoms with Crippen molar-refractivity contribution in [2.75, 3.05) is 56.2 Å². The van der Waals surface area contributed by atoms with Crippen LogP contribution in [0.15, 0.2) is 24.3 Å².